The molecule has 7 nitrogen and oxygen atoms in total. The molecule has 3 atom stereocenters. The van der Waals surface area contributed by atoms with Crippen LogP contribution in [-0.2, 0) is 4.74 Å². The Balaban J connectivity index is 0.00000242. The highest BCUT2D eigenvalue weighted by atomic mass is 35.5. The summed E-state index contributed by atoms with van der Waals surface area (Å²) >= 11 is 0. The maximum absolute atomic E-state index is 15.7. The molecule has 0 unspecified atom stereocenters. The zero-order valence-electron chi connectivity index (χ0n) is 23.1. The van der Waals surface area contributed by atoms with E-state index in [1.54, 1.807) is 17.2 Å². The number of ether oxygens (including phenoxy) is 1. The predicted octanol–water partition coefficient (Wildman–Crippen LogP) is 5.80. The van der Waals surface area contributed by atoms with E-state index < -0.39 is 45.9 Å². The highest BCUT2D eigenvalue weighted by Gasteiger charge is 2.29. The van der Waals surface area contributed by atoms with Gasteiger partial charge in [-0.25, -0.2) is 17.6 Å². The van der Waals surface area contributed by atoms with Gasteiger partial charge >= 0.3 is 0 Å². The summed E-state index contributed by atoms with van der Waals surface area (Å²) in [5.74, 6) is -5.45. The number of carbonyl (C=O) groups excluding carboxylic acids is 1. The second kappa shape index (κ2) is 13.9. The van der Waals surface area contributed by atoms with Gasteiger partial charge in [-0.3, -0.25) is 9.78 Å². The maximum atomic E-state index is 15.7. The zero-order chi connectivity index (χ0) is 28.6. The topological polar surface area (TPSA) is 83.7 Å². The van der Waals surface area contributed by atoms with Crippen LogP contribution in [0.4, 0.5) is 34.6 Å². The van der Waals surface area contributed by atoms with Crippen LogP contribution >= 0.6 is 24.8 Å². The smallest absolute Gasteiger partial charge is 0.258 e. The Labute approximate surface area is 254 Å². The van der Waals surface area contributed by atoms with Crippen molar-refractivity contribution in [2.45, 2.75) is 32.4 Å². The Morgan fingerprint density at radius 3 is 2.40 bits per heavy atom. The Morgan fingerprint density at radius 1 is 1.02 bits per heavy atom. The average Bonchev–Trinajstić information content (AvgIpc) is 2.90. The van der Waals surface area contributed by atoms with E-state index in [4.69, 9.17) is 10.5 Å². The lowest BCUT2D eigenvalue weighted by molar-refractivity contribution is 0.0989. The van der Waals surface area contributed by atoms with Gasteiger partial charge in [0.15, 0.2) is 0 Å². The lowest BCUT2D eigenvalue weighted by Gasteiger charge is -2.37. The molecular formula is C29H33Cl2F4N5O2. The monoisotopic (exact) mass is 629 g/mol. The highest BCUT2D eigenvalue weighted by Crippen LogP contribution is 2.36. The number of aromatic nitrogens is 1. The first-order chi connectivity index (χ1) is 19.1. The minimum atomic E-state index is -1.37. The lowest BCUT2D eigenvalue weighted by atomic mass is 9.96. The van der Waals surface area contributed by atoms with E-state index >= 15 is 13.2 Å². The second-order valence-corrected chi connectivity index (χ2v) is 10.5. The number of morpholine rings is 1. The van der Waals surface area contributed by atoms with Gasteiger partial charge in [-0.05, 0) is 49.6 Å². The van der Waals surface area contributed by atoms with Crippen LogP contribution in [0.25, 0.3) is 11.1 Å². The second-order valence-electron chi connectivity index (χ2n) is 10.5. The van der Waals surface area contributed by atoms with Crippen LogP contribution < -0.4 is 20.9 Å². The molecule has 0 spiro atoms. The molecule has 13 heteroatoms. The summed E-state index contributed by atoms with van der Waals surface area (Å²) in [6.07, 6.45) is 3.86. The zero-order valence-corrected chi connectivity index (χ0v) is 24.7. The third-order valence-electron chi connectivity index (χ3n) is 7.39. The van der Waals surface area contributed by atoms with Crippen LogP contribution in [-0.4, -0.2) is 55.8 Å². The quantitative estimate of drug-likeness (QED) is 0.347. The lowest BCUT2D eigenvalue weighted by Crippen LogP contribution is -2.46. The van der Waals surface area contributed by atoms with Gasteiger partial charge < -0.3 is 25.6 Å². The molecule has 228 valence electrons. The molecule has 2 aliphatic heterocycles. The molecule has 2 saturated heterocycles. The maximum Gasteiger partial charge on any atom is 0.258 e. The molecule has 5 rings (SSSR count). The van der Waals surface area contributed by atoms with Crippen molar-refractivity contribution in [3.63, 3.8) is 0 Å². The van der Waals surface area contributed by atoms with E-state index in [9.17, 15) is 9.18 Å². The number of amides is 1. The largest absolute Gasteiger partial charge is 0.377 e. The van der Waals surface area contributed by atoms with E-state index in [2.05, 4.69) is 17.2 Å². The Morgan fingerprint density at radius 2 is 1.74 bits per heavy atom. The van der Waals surface area contributed by atoms with E-state index in [-0.39, 0.29) is 42.6 Å². The molecule has 0 aliphatic carbocycles. The molecule has 3 heterocycles. The molecule has 2 fully saturated rings. The third-order valence-corrected chi connectivity index (χ3v) is 7.39. The molecule has 1 amide bonds. The van der Waals surface area contributed by atoms with Crippen LogP contribution in [0, 0.1) is 29.2 Å². The van der Waals surface area contributed by atoms with Gasteiger partial charge in [0.25, 0.3) is 5.91 Å². The van der Waals surface area contributed by atoms with E-state index in [0.717, 1.165) is 30.7 Å². The molecule has 0 radical (unpaired) electrons. The highest BCUT2D eigenvalue weighted by molar-refractivity contribution is 6.06. The van der Waals surface area contributed by atoms with Crippen LogP contribution in [0.2, 0.25) is 0 Å². The van der Waals surface area contributed by atoms with E-state index in [0.29, 0.717) is 50.1 Å². The summed E-state index contributed by atoms with van der Waals surface area (Å²) in [5, 5.41) is 2.63. The van der Waals surface area contributed by atoms with Crippen molar-refractivity contribution in [1.29, 1.82) is 0 Å². The molecule has 3 aromatic rings. The number of nitrogens with zero attached hydrogens (tertiary/aromatic N) is 3. The average molecular weight is 631 g/mol. The minimum absolute atomic E-state index is 0. The van der Waals surface area contributed by atoms with Crippen molar-refractivity contribution in [3.05, 3.63) is 71.6 Å². The fourth-order valence-electron chi connectivity index (χ4n) is 5.58. The van der Waals surface area contributed by atoms with Gasteiger partial charge in [0.1, 0.15) is 23.3 Å². The predicted molar refractivity (Wildman–Crippen MR) is 160 cm³/mol. The van der Waals surface area contributed by atoms with Crippen LogP contribution in [0.1, 0.15) is 30.6 Å². The number of rotatable bonds is 5. The van der Waals surface area contributed by atoms with Gasteiger partial charge in [-0.1, -0.05) is 6.92 Å². The fraction of sp³-hybridized carbons (Fsp3) is 0.379. The fourth-order valence-corrected chi connectivity index (χ4v) is 5.58. The van der Waals surface area contributed by atoms with Crippen LogP contribution in [0.5, 0.6) is 0 Å². The number of benzene rings is 2. The van der Waals surface area contributed by atoms with Crippen LogP contribution in [0.3, 0.4) is 0 Å². The van der Waals surface area contributed by atoms with Gasteiger partial charge in [0.2, 0.25) is 0 Å². The summed E-state index contributed by atoms with van der Waals surface area (Å²) in [5.41, 5.74) is 4.97. The molecule has 1 aromatic heterocycles. The van der Waals surface area contributed by atoms with Crippen molar-refractivity contribution in [1.82, 2.24) is 4.98 Å². The summed E-state index contributed by atoms with van der Waals surface area (Å²) in [7, 11) is 0. The number of hydrogen-bond donors (Lipinski definition) is 2. The Hall–Kier alpha value is -3.12. The number of halogens is 6. The molecule has 2 aliphatic rings. The minimum Gasteiger partial charge on any atom is -0.377 e. The number of anilines is 3. The number of piperidine rings is 1. The molecule has 42 heavy (non-hydrogen) atoms. The number of nitrogens with two attached hydrogens (primary N) is 1. The first kappa shape index (κ1) is 33.4. The van der Waals surface area contributed by atoms with Crippen molar-refractivity contribution in [3.8, 4) is 11.1 Å². The first-order valence-electron chi connectivity index (χ1n) is 13.2. The molecule has 0 saturated carbocycles. The van der Waals surface area contributed by atoms with Crippen molar-refractivity contribution in [2.75, 3.05) is 48.0 Å². The summed E-state index contributed by atoms with van der Waals surface area (Å²) < 4.78 is 66.5. The van der Waals surface area contributed by atoms with E-state index in [1.807, 2.05) is 11.8 Å². The summed E-state index contributed by atoms with van der Waals surface area (Å²) in [6.45, 7) is 6.37. The van der Waals surface area contributed by atoms with Gasteiger partial charge in [0, 0.05) is 43.6 Å². The standard InChI is InChI=1S/C29H31F4N5O2.2ClH/c1-16-9-18(34)14-37(13-16)25-5-6-35-12-24(25)36-29(39)20-3-4-21(30)27(28(20)33)26-22(31)10-19(11-23(26)32)38-7-8-40-15-17(38)2;;/h3-6,10-12,16-18H,7-9,13-15,34H2,1-2H3,(H,36,39);2*1H/t16-,17-,18+;;/m1../s1. The van der Waals surface area contributed by atoms with Gasteiger partial charge in [-0.2, -0.15) is 0 Å². The molecular weight excluding hydrogens is 597 g/mol. The number of hydrogen-bond acceptors (Lipinski definition) is 6. The van der Waals surface area contributed by atoms with Crippen molar-refractivity contribution >= 4 is 47.8 Å². The number of pyridine rings is 1. The van der Waals surface area contributed by atoms with Gasteiger partial charge in [0.05, 0.1) is 47.5 Å². The van der Waals surface area contributed by atoms with Gasteiger partial charge in [-0.15, -0.1) is 24.8 Å². The SMILES string of the molecule is C[C@@H]1C[C@H](N)CN(c2ccncc2NC(=O)c2ccc(F)c(-c3c(F)cc(N4CCOC[C@H]4C)cc3F)c2F)C1.Cl.Cl. The van der Waals surface area contributed by atoms with Crippen molar-refractivity contribution < 1.29 is 27.1 Å². The summed E-state index contributed by atoms with van der Waals surface area (Å²) in [6, 6.07) is 5.36. The Bertz CT molecular complexity index is 1400. The Kier molecular flexibility index (Phi) is 11.0. The molecule has 0 bridgehead atoms. The third kappa shape index (κ3) is 6.75. The van der Waals surface area contributed by atoms with E-state index in [1.165, 1.54) is 6.20 Å². The number of carbonyl (C=O) groups is 1. The molecule has 3 N–H and O–H groups in total. The summed E-state index contributed by atoms with van der Waals surface area (Å²) in [4.78, 5) is 21.1. The normalized spacial score (nSPS) is 20.4. The first-order valence-corrected chi connectivity index (χ1v) is 13.2. The van der Waals surface area contributed by atoms with Crippen LogP contribution in [0.15, 0.2) is 42.7 Å². The van der Waals surface area contributed by atoms with Crippen molar-refractivity contribution in [2.24, 2.45) is 11.7 Å². The molecule has 2 aromatic carbocycles. The number of nitrogens with one attached hydrogen (secondary N) is 1.